The molecule has 0 aromatic heterocycles. The van der Waals surface area contributed by atoms with Gasteiger partial charge in [0.25, 0.3) is 0 Å². The molecule has 0 heterocycles. The van der Waals surface area contributed by atoms with Gasteiger partial charge in [-0.3, -0.25) is 0 Å². The Balaban J connectivity index is 0. The average Bonchev–Trinajstić information content (AvgIpc) is 1.63. The van der Waals surface area contributed by atoms with Crippen molar-refractivity contribution >= 4 is 0 Å². The molecule has 0 N–H and O–H groups in total. The molecule has 0 aliphatic carbocycles. The van der Waals surface area contributed by atoms with E-state index < -0.39 is 0 Å². The van der Waals surface area contributed by atoms with Gasteiger partial charge in [-0.15, -0.1) is 0 Å². The van der Waals surface area contributed by atoms with E-state index in [1.807, 2.05) is 0 Å². The molecule has 0 bridgehead atoms. The Labute approximate surface area is 71.4 Å². The van der Waals surface area contributed by atoms with Crippen LogP contribution in [0.4, 0.5) is 0 Å². The molecule has 0 fully saturated rings. The highest BCUT2D eigenvalue weighted by atomic mass is 35.5. The minimum absolute atomic E-state index is 0. The fourth-order valence-electron chi connectivity index (χ4n) is 0.836. The standard InChI is InChI=1S/C8H20N.ClH/c1-5-6-7-8-9(2,3)4;/h5-8H2,1-4H3;1H/q+1;/p-1. The molecule has 0 aromatic rings. The van der Waals surface area contributed by atoms with Gasteiger partial charge in [-0.1, -0.05) is 13.3 Å². The maximum atomic E-state index is 2.25. The summed E-state index contributed by atoms with van der Waals surface area (Å²) >= 11 is 0. The molecule has 0 rings (SSSR count). The molecule has 1 nitrogen and oxygen atoms in total. The van der Waals surface area contributed by atoms with E-state index >= 15 is 0 Å². The third-order valence-corrected chi connectivity index (χ3v) is 1.43. The number of unbranched alkanes of at least 4 members (excludes halogenated alkanes) is 2. The highest BCUT2D eigenvalue weighted by Gasteiger charge is 2.03. The van der Waals surface area contributed by atoms with Crippen molar-refractivity contribution in [2.45, 2.75) is 26.2 Å². The van der Waals surface area contributed by atoms with E-state index in [4.69, 9.17) is 0 Å². The summed E-state index contributed by atoms with van der Waals surface area (Å²) in [6.07, 6.45) is 4.09. The monoisotopic (exact) mass is 165 g/mol. The van der Waals surface area contributed by atoms with Crippen molar-refractivity contribution in [3.05, 3.63) is 0 Å². The molecular formula is C8H20ClN. The highest BCUT2D eigenvalue weighted by molar-refractivity contribution is 4.34. The zero-order chi connectivity index (χ0) is 7.33. The summed E-state index contributed by atoms with van der Waals surface area (Å²) in [6.45, 7) is 3.56. The number of hydrogen-bond donors (Lipinski definition) is 0. The molecule has 0 saturated carbocycles. The van der Waals surface area contributed by atoms with E-state index in [2.05, 4.69) is 28.1 Å². The van der Waals surface area contributed by atoms with Gasteiger partial charge in [-0.2, -0.15) is 0 Å². The van der Waals surface area contributed by atoms with Crippen LogP contribution < -0.4 is 12.4 Å². The SMILES string of the molecule is CCCCC[N+](C)(C)C.[Cl-]. The van der Waals surface area contributed by atoms with Crippen LogP contribution in [0, 0.1) is 0 Å². The lowest BCUT2D eigenvalue weighted by Crippen LogP contribution is -3.00. The lowest BCUT2D eigenvalue weighted by Gasteiger charge is -2.23. The van der Waals surface area contributed by atoms with Gasteiger partial charge in [0, 0.05) is 0 Å². The zero-order valence-electron chi connectivity index (χ0n) is 7.65. The van der Waals surface area contributed by atoms with E-state index in [9.17, 15) is 0 Å². The molecule has 0 aliphatic heterocycles. The Morgan fingerprint density at radius 3 is 1.80 bits per heavy atom. The first-order valence-corrected chi connectivity index (χ1v) is 3.86. The second kappa shape index (κ2) is 5.99. The normalized spacial score (nSPS) is 10.8. The predicted molar refractivity (Wildman–Crippen MR) is 42.4 cm³/mol. The Morgan fingerprint density at radius 1 is 1.00 bits per heavy atom. The summed E-state index contributed by atoms with van der Waals surface area (Å²) in [6, 6.07) is 0. The molecule has 0 unspecified atom stereocenters. The van der Waals surface area contributed by atoms with Crippen LogP contribution in [0.3, 0.4) is 0 Å². The molecular weight excluding hydrogens is 146 g/mol. The van der Waals surface area contributed by atoms with E-state index in [0.717, 1.165) is 4.48 Å². The molecule has 0 saturated heterocycles. The lowest BCUT2D eigenvalue weighted by molar-refractivity contribution is -0.870. The van der Waals surface area contributed by atoms with E-state index in [1.165, 1.54) is 25.8 Å². The minimum atomic E-state index is 0. The second-order valence-corrected chi connectivity index (χ2v) is 3.72. The summed E-state index contributed by atoms with van der Waals surface area (Å²) in [4.78, 5) is 0. The molecule has 2 heteroatoms. The van der Waals surface area contributed by atoms with Crippen molar-refractivity contribution in [2.75, 3.05) is 27.7 Å². The number of hydrogen-bond acceptors (Lipinski definition) is 0. The summed E-state index contributed by atoms with van der Waals surface area (Å²) < 4.78 is 1.11. The molecule has 0 aliphatic rings. The molecule has 64 valence electrons. The van der Waals surface area contributed by atoms with Crippen LogP contribution in [0.5, 0.6) is 0 Å². The van der Waals surface area contributed by atoms with Crippen molar-refractivity contribution in [2.24, 2.45) is 0 Å². The predicted octanol–water partition coefficient (Wildman–Crippen LogP) is -1.11. The van der Waals surface area contributed by atoms with Gasteiger partial charge in [0.15, 0.2) is 0 Å². The number of quaternary nitrogens is 1. The fourth-order valence-corrected chi connectivity index (χ4v) is 0.836. The topological polar surface area (TPSA) is 0 Å². The van der Waals surface area contributed by atoms with Crippen LogP contribution in [-0.4, -0.2) is 32.2 Å². The Bertz CT molecular complexity index is 66.1. The maximum Gasteiger partial charge on any atom is 0.0780 e. The number of nitrogens with zero attached hydrogens (tertiary/aromatic N) is 1. The summed E-state index contributed by atoms with van der Waals surface area (Å²) in [5.41, 5.74) is 0. The molecule has 0 radical (unpaired) electrons. The first-order valence-electron chi connectivity index (χ1n) is 3.86. The van der Waals surface area contributed by atoms with Crippen molar-refractivity contribution in [1.82, 2.24) is 0 Å². The smallest absolute Gasteiger partial charge is 0.0780 e. The Kier molecular flexibility index (Phi) is 7.72. The Morgan fingerprint density at radius 2 is 1.50 bits per heavy atom. The third kappa shape index (κ3) is 11.1. The van der Waals surface area contributed by atoms with Crippen LogP contribution in [-0.2, 0) is 0 Å². The van der Waals surface area contributed by atoms with E-state index in [-0.39, 0.29) is 12.4 Å². The van der Waals surface area contributed by atoms with E-state index in [1.54, 1.807) is 0 Å². The molecule has 0 atom stereocenters. The van der Waals surface area contributed by atoms with Crippen molar-refractivity contribution < 1.29 is 16.9 Å². The van der Waals surface area contributed by atoms with Crippen molar-refractivity contribution in [3.8, 4) is 0 Å². The van der Waals surface area contributed by atoms with Gasteiger partial charge < -0.3 is 16.9 Å². The molecule has 10 heavy (non-hydrogen) atoms. The Hall–Kier alpha value is 0.250. The van der Waals surface area contributed by atoms with Crippen LogP contribution in [0.2, 0.25) is 0 Å². The fraction of sp³-hybridized carbons (Fsp3) is 1.00. The molecule has 0 aromatic carbocycles. The summed E-state index contributed by atoms with van der Waals surface area (Å²) in [5, 5.41) is 0. The van der Waals surface area contributed by atoms with Gasteiger partial charge in [0.05, 0.1) is 27.7 Å². The van der Waals surface area contributed by atoms with Crippen LogP contribution >= 0.6 is 0 Å². The van der Waals surface area contributed by atoms with Crippen molar-refractivity contribution in [3.63, 3.8) is 0 Å². The summed E-state index contributed by atoms with van der Waals surface area (Å²) in [7, 11) is 6.74. The lowest BCUT2D eigenvalue weighted by atomic mass is 10.2. The number of halogens is 1. The summed E-state index contributed by atoms with van der Waals surface area (Å²) in [5.74, 6) is 0. The largest absolute Gasteiger partial charge is 1.00 e. The zero-order valence-corrected chi connectivity index (χ0v) is 8.41. The maximum absolute atomic E-state index is 2.25. The van der Waals surface area contributed by atoms with Gasteiger partial charge in [0.1, 0.15) is 0 Å². The van der Waals surface area contributed by atoms with Crippen LogP contribution in [0.1, 0.15) is 26.2 Å². The van der Waals surface area contributed by atoms with Gasteiger partial charge >= 0.3 is 0 Å². The second-order valence-electron chi connectivity index (χ2n) is 3.72. The highest BCUT2D eigenvalue weighted by Crippen LogP contribution is 1.98. The first-order chi connectivity index (χ1) is 4.06. The van der Waals surface area contributed by atoms with E-state index in [0.29, 0.717) is 0 Å². The van der Waals surface area contributed by atoms with Crippen LogP contribution in [0.15, 0.2) is 0 Å². The van der Waals surface area contributed by atoms with Gasteiger partial charge in [-0.25, -0.2) is 0 Å². The molecule has 0 spiro atoms. The third-order valence-electron chi connectivity index (χ3n) is 1.43. The van der Waals surface area contributed by atoms with Crippen LogP contribution in [0.25, 0.3) is 0 Å². The van der Waals surface area contributed by atoms with Gasteiger partial charge in [0.2, 0.25) is 0 Å². The molecule has 0 amide bonds. The quantitative estimate of drug-likeness (QED) is 0.366. The van der Waals surface area contributed by atoms with Crippen molar-refractivity contribution in [1.29, 1.82) is 0 Å². The first kappa shape index (κ1) is 12.9. The minimum Gasteiger partial charge on any atom is -1.00 e. The number of rotatable bonds is 4. The van der Waals surface area contributed by atoms with Gasteiger partial charge in [-0.05, 0) is 12.8 Å². The average molecular weight is 166 g/mol.